The summed E-state index contributed by atoms with van der Waals surface area (Å²) in [6, 6.07) is 16.7. The molecule has 2 heterocycles. The van der Waals surface area contributed by atoms with Crippen molar-refractivity contribution in [3.8, 4) is 22.5 Å². The van der Waals surface area contributed by atoms with Crippen LogP contribution < -0.4 is 4.90 Å². The number of nitrogens with zero attached hydrogens (tertiary/aromatic N) is 3. The van der Waals surface area contributed by atoms with Gasteiger partial charge in [-0.15, -0.1) is 0 Å². The summed E-state index contributed by atoms with van der Waals surface area (Å²) in [4.78, 5) is 12.3. The van der Waals surface area contributed by atoms with Crippen LogP contribution in [0.3, 0.4) is 0 Å². The lowest BCUT2D eigenvalue weighted by atomic mass is 10.0. The third-order valence-electron chi connectivity index (χ3n) is 5.77. The van der Waals surface area contributed by atoms with Crippen LogP contribution in [0.5, 0.6) is 0 Å². The number of anilines is 1. The van der Waals surface area contributed by atoms with E-state index >= 15 is 0 Å². The highest BCUT2D eigenvalue weighted by molar-refractivity contribution is 5.77. The molecule has 0 aliphatic carbocycles. The minimum Gasteiger partial charge on any atom is -0.391 e. The number of benzene rings is 2. The monoisotopic (exact) mass is 387 g/mol. The van der Waals surface area contributed by atoms with E-state index in [9.17, 15) is 5.11 Å². The molecule has 1 aliphatic heterocycles. The molecule has 1 aliphatic rings. The number of aromatic nitrogens is 2. The van der Waals surface area contributed by atoms with E-state index in [1.807, 2.05) is 18.3 Å². The number of aliphatic hydroxyl groups is 1. The van der Waals surface area contributed by atoms with Gasteiger partial charge in [0.05, 0.1) is 18.0 Å². The van der Waals surface area contributed by atoms with Gasteiger partial charge in [0.2, 0.25) is 0 Å². The van der Waals surface area contributed by atoms with Crippen molar-refractivity contribution in [2.45, 2.75) is 45.6 Å². The molecule has 0 unspecified atom stereocenters. The Bertz CT molecular complexity index is 985. The van der Waals surface area contributed by atoms with Crippen molar-refractivity contribution in [3.63, 3.8) is 0 Å². The molecule has 1 fully saturated rings. The number of β-amino-alcohol motifs (C(OH)–C–C–N with tert-alkyl or cyclic N) is 1. The van der Waals surface area contributed by atoms with E-state index in [2.05, 4.69) is 55.1 Å². The fraction of sp³-hybridized carbons (Fsp3) is 0.360. The first-order valence-corrected chi connectivity index (χ1v) is 10.6. The highest BCUT2D eigenvalue weighted by Crippen LogP contribution is 2.34. The van der Waals surface area contributed by atoms with Crippen molar-refractivity contribution >= 4 is 5.82 Å². The van der Waals surface area contributed by atoms with E-state index in [1.54, 1.807) is 0 Å². The summed E-state index contributed by atoms with van der Waals surface area (Å²) in [5.41, 5.74) is 6.48. The molecule has 0 spiro atoms. The molecule has 29 heavy (non-hydrogen) atoms. The van der Waals surface area contributed by atoms with Crippen LogP contribution in [0.2, 0.25) is 0 Å². The van der Waals surface area contributed by atoms with Crippen molar-refractivity contribution in [2.24, 2.45) is 0 Å². The molecule has 1 aromatic heterocycles. The Morgan fingerprint density at radius 1 is 1.03 bits per heavy atom. The molecule has 2 aromatic carbocycles. The summed E-state index contributed by atoms with van der Waals surface area (Å²) in [5.74, 6) is 0.882. The molecule has 0 bridgehead atoms. The first kappa shape index (κ1) is 19.6. The van der Waals surface area contributed by atoms with Crippen molar-refractivity contribution in [1.29, 1.82) is 0 Å². The minimum atomic E-state index is -0.323. The second kappa shape index (κ2) is 8.75. The van der Waals surface area contributed by atoms with E-state index in [1.165, 1.54) is 11.1 Å². The lowest BCUT2D eigenvalue weighted by Gasteiger charge is -2.26. The quantitative estimate of drug-likeness (QED) is 0.682. The molecule has 150 valence electrons. The summed E-state index contributed by atoms with van der Waals surface area (Å²) in [5, 5.41) is 10.4. The third kappa shape index (κ3) is 4.18. The fourth-order valence-corrected chi connectivity index (χ4v) is 4.15. The predicted octanol–water partition coefficient (Wildman–Crippen LogP) is 5.03. The Balaban J connectivity index is 1.87. The SMILES string of the molecule is CCc1ccccc1-c1ncc(-c2ccccc2C)nc1N1CCCC[C@H](O)C1. The normalized spacial score (nSPS) is 17.2. The molecular formula is C25H29N3O. The highest BCUT2D eigenvalue weighted by atomic mass is 16.3. The lowest BCUT2D eigenvalue weighted by Crippen LogP contribution is -2.32. The lowest BCUT2D eigenvalue weighted by molar-refractivity contribution is 0.174. The van der Waals surface area contributed by atoms with E-state index in [0.717, 1.165) is 60.6 Å². The maximum absolute atomic E-state index is 10.4. The molecule has 0 amide bonds. The molecule has 4 nitrogen and oxygen atoms in total. The summed E-state index contributed by atoms with van der Waals surface area (Å²) in [6.07, 6.45) is 5.46. The van der Waals surface area contributed by atoms with Gasteiger partial charge in [-0.2, -0.15) is 0 Å². The summed E-state index contributed by atoms with van der Waals surface area (Å²) < 4.78 is 0. The Hall–Kier alpha value is -2.72. The van der Waals surface area contributed by atoms with Crippen LogP contribution in [-0.2, 0) is 6.42 Å². The van der Waals surface area contributed by atoms with Gasteiger partial charge in [-0.3, -0.25) is 4.98 Å². The van der Waals surface area contributed by atoms with Gasteiger partial charge in [-0.05, 0) is 43.7 Å². The summed E-state index contributed by atoms with van der Waals surface area (Å²) >= 11 is 0. The predicted molar refractivity (Wildman–Crippen MR) is 119 cm³/mol. The van der Waals surface area contributed by atoms with E-state index in [-0.39, 0.29) is 6.10 Å². The van der Waals surface area contributed by atoms with Crippen molar-refractivity contribution < 1.29 is 5.11 Å². The van der Waals surface area contributed by atoms with Crippen LogP contribution in [0.4, 0.5) is 5.82 Å². The maximum Gasteiger partial charge on any atom is 0.156 e. The zero-order valence-electron chi connectivity index (χ0n) is 17.3. The second-order valence-electron chi connectivity index (χ2n) is 7.85. The van der Waals surface area contributed by atoms with E-state index in [0.29, 0.717) is 6.54 Å². The molecule has 1 N–H and O–H groups in total. The first-order chi connectivity index (χ1) is 14.2. The van der Waals surface area contributed by atoms with Gasteiger partial charge in [0, 0.05) is 24.2 Å². The number of hydrogen-bond donors (Lipinski definition) is 1. The van der Waals surface area contributed by atoms with Crippen molar-refractivity contribution in [3.05, 3.63) is 65.9 Å². The topological polar surface area (TPSA) is 49.2 Å². The molecule has 1 saturated heterocycles. The molecule has 3 aromatic rings. The van der Waals surface area contributed by atoms with Crippen LogP contribution in [0.1, 0.15) is 37.3 Å². The standard InChI is InChI=1S/C25H29N3O/c1-3-19-11-5-7-14-22(19)24-25(28-15-9-8-12-20(29)17-28)27-23(16-26-24)21-13-6-4-10-18(21)2/h4-7,10-11,13-14,16,20,29H,3,8-9,12,15,17H2,1-2H3/t20-/m0/s1. The Morgan fingerprint density at radius 2 is 1.79 bits per heavy atom. The Kier molecular flexibility index (Phi) is 5.91. The zero-order chi connectivity index (χ0) is 20.2. The number of aliphatic hydroxyl groups excluding tert-OH is 1. The van der Waals surface area contributed by atoms with Crippen molar-refractivity contribution in [1.82, 2.24) is 9.97 Å². The maximum atomic E-state index is 10.4. The fourth-order valence-electron chi connectivity index (χ4n) is 4.15. The van der Waals surface area contributed by atoms with Crippen LogP contribution >= 0.6 is 0 Å². The minimum absolute atomic E-state index is 0.323. The van der Waals surface area contributed by atoms with Crippen LogP contribution in [0.15, 0.2) is 54.7 Å². The number of aryl methyl sites for hydroxylation is 2. The van der Waals surface area contributed by atoms with Crippen LogP contribution in [0, 0.1) is 6.92 Å². The van der Waals surface area contributed by atoms with Gasteiger partial charge < -0.3 is 10.0 Å². The van der Waals surface area contributed by atoms with Gasteiger partial charge in [0.1, 0.15) is 5.69 Å². The molecule has 4 heteroatoms. The molecule has 0 radical (unpaired) electrons. The van der Waals surface area contributed by atoms with Gasteiger partial charge in [0.25, 0.3) is 0 Å². The smallest absolute Gasteiger partial charge is 0.156 e. The largest absolute Gasteiger partial charge is 0.391 e. The number of rotatable bonds is 4. The van der Waals surface area contributed by atoms with Crippen molar-refractivity contribution in [2.75, 3.05) is 18.0 Å². The van der Waals surface area contributed by atoms with Gasteiger partial charge in [-0.1, -0.05) is 55.5 Å². The van der Waals surface area contributed by atoms with Crippen LogP contribution in [0.25, 0.3) is 22.5 Å². The Labute approximate surface area is 173 Å². The summed E-state index contributed by atoms with van der Waals surface area (Å²) in [6.45, 7) is 5.77. The first-order valence-electron chi connectivity index (χ1n) is 10.6. The number of hydrogen-bond acceptors (Lipinski definition) is 4. The highest BCUT2D eigenvalue weighted by Gasteiger charge is 2.23. The molecule has 4 rings (SSSR count). The molecule has 0 saturated carbocycles. The molecular weight excluding hydrogens is 358 g/mol. The van der Waals surface area contributed by atoms with E-state index < -0.39 is 0 Å². The summed E-state index contributed by atoms with van der Waals surface area (Å²) in [7, 11) is 0. The van der Waals surface area contributed by atoms with Crippen LogP contribution in [-0.4, -0.2) is 34.3 Å². The van der Waals surface area contributed by atoms with Gasteiger partial charge >= 0.3 is 0 Å². The Morgan fingerprint density at radius 3 is 2.59 bits per heavy atom. The average molecular weight is 388 g/mol. The van der Waals surface area contributed by atoms with Gasteiger partial charge in [0.15, 0.2) is 5.82 Å². The average Bonchev–Trinajstić information content (AvgIpc) is 2.98. The third-order valence-corrected chi connectivity index (χ3v) is 5.77. The second-order valence-corrected chi connectivity index (χ2v) is 7.85. The van der Waals surface area contributed by atoms with E-state index in [4.69, 9.17) is 9.97 Å². The zero-order valence-corrected chi connectivity index (χ0v) is 17.3. The molecule has 1 atom stereocenters. The van der Waals surface area contributed by atoms with Gasteiger partial charge in [-0.25, -0.2) is 4.98 Å².